The Kier molecular flexibility index (Phi) is 3.90. The Labute approximate surface area is 130 Å². The summed E-state index contributed by atoms with van der Waals surface area (Å²) in [5, 5.41) is 2.72. The molecule has 3 rings (SSSR count). The summed E-state index contributed by atoms with van der Waals surface area (Å²) in [6.45, 7) is 1.79. The number of imidazole rings is 1. The normalized spacial score (nSPS) is 14.3. The zero-order valence-corrected chi connectivity index (χ0v) is 12.6. The van der Waals surface area contributed by atoms with Gasteiger partial charge in [0.1, 0.15) is 5.82 Å². The molecule has 0 bridgehead atoms. The maximum absolute atomic E-state index is 12.8. The summed E-state index contributed by atoms with van der Waals surface area (Å²) in [7, 11) is 0. The van der Waals surface area contributed by atoms with Crippen molar-refractivity contribution in [3.8, 4) is 11.4 Å². The highest BCUT2D eigenvalue weighted by Gasteiger charge is 2.35. The van der Waals surface area contributed by atoms with Gasteiger partial charge in [0.15, 0.2) is 5.82 Å². The molecule has 2 N–H and O–H groups in total. The highest BCUT2D eigenvalue weighted by atomic mass is 32.2. The minimum absolute atomic E-state index is 0.258. The van der Waals surface area contributed by atoms with Gasteiger partial charge in [-0.25, -0.2) is 4.98 Å². The van der Waals surface area contributed by atoms with Crippen LogP contribution in [0.5, 0.6) is 0 Å². The molecule has 0 unspecified atom stereocenters. The molecule has 0 fully saturated rings. The van der Waals surface area contributed by atoms with Crippen molar-refractivity contribution in [2.24, 2.45) is 0 Å². The molecule has 0 saturated heterocycles. The number of H-pyrrole nitrogens is 1. The minimum Gasteiger partial charge on any atom is -0.364 e. The third-order valence-corrected chi connectivity index (χ3v) is 4.26. The number of fused-ring (bicyclic) bond motifs is 1. The molecular formula is C15H14F3N3S. The van der Waals surface area contributed by atoms with E-state index in [1.165, 1.54) is 0 Å². The minimum atomic E-state index is -4.33. The van der Waals surface area contributed by atoms with E-state index >= 15 is 0 Å². The molecule has 116 valence electrons. The van der Waals surface area contributed by atoms with Crippen molar-refractivity contribution in [3.05, 3.63) is 35.5 Å². The van der Waals surface area contributed by atoms with Crippen LogP contribution in [-0.2, 0) is 0 Å². The molecule has 2 aromatic rings. The predicted molar refractivity (Wildman–Crippen MR) is 82.9 cm³/mol. The molecule has 1 aromatic carbocycles. The van der Waals surface area contributed by atoms with Crippen molar-refractivity contribution in [2.75, 3.05) is 17.6 Å². The van der Waals surface area contributed by atoms with Crippen molar-refractivity contribution in [1.82, 2.24) is 9.97 Å². The van der Waals surface area contributed by atoms with E-state index in [0.717, 1.165) is 22.3 Å². The van der Waals surface area contributed by atoms with Gasteiger partial charge < -0.3 is 10.3 Å². The van der Waals surface area contributed by atoms with Gasteiger partial charge in [-0.3, -0.25) is 0 Å². The summed E-state index contributed by atoms with van der Waals surface area (Å²) in [6, 6.07) is 7.72. The Bertz CT molecular complexity index is 719. The van der Waals surface area contributed by atoms with Crippen LogP contribution in [0.4, 0.5) is 19.0 Å². The smallest absolute Gasteiger partial charge is 0.364 e. The van der Waals surface area contributed by atoms with E-state index in [9.17, 15) is 13.2 Å². The van der Waals surface area contributed by atoms with Crippen LogP contribution in [-0.4, -0.2) is 28.4 Å². The fourth-order valence-corrected chi connectivity index (χ4v) is 3.09. The summed E-state index contributed by atoms with van der Waals surface area (Å²) in [5.41, 5.74) is 0.656. The summed E-state index contributed by atoms with van der Waals surface area (Å²) >= 11 is 1.67. The third-order valence-electron chi connectivity index (χ3n) is 3.30. The van der Waals surface area contributed by atoms with Crippen molar-refractivity contribution < 1.29 is 13.2 Å². The average Bonchev–Trinajstić information content (AvgIpc) is 2.90. The number of nitrogens with one attached hydrogen (secondary N) is 2. The first-order valence-corrected chi connectivity index (χ1v) is 7.81. The van der Waals surface area contributed by atoms with Gasteiger partial charge in [0.25, 0.3) is 0 Å². The number of anilines is 1. The van der Waals surface area contributed by atoms with E-state index in [1.54, 1.807) is 11.8 Å². The number of alkyl halides is 3. The molecule has 0 saturated carbocycles. The van der Waals surface area contributed by atoms with Crippen molar-refractivity contribution >= 4 is 23.7 Å². The molecule has 22 heavy (non-hydrogen) atoms. The molecule has 0 spiro atoms. The number of aromatic amines is 1. The number of hydrogen-bond acceptors (Lipinski definition) is 3. The lowest BCUT2D eigenvalue weighted by molar-refractivity contribution is -0.0909. The highest BCUT2D eigenvalue weighted by molar-refractivity contribution is 7.99. The van der Waals surface area contributed by atoms with Crippen molar-refractivity contribution in [2.45, 2.75) is 18.0 Å². The fourth-order valence-electron chi connectivity index (χ4n) is 2.28. The molecular weight excluding hydrogens is 311 g/mol. The first-order valence-electron chi connectivity index (χ1n) is 6.83. The van der Waals surface area contributed by atoms with Crippen LogP contribution in [0.1, 0.15) is 12.6 Å². The van der Waals surface area contributed by atoms with Gasteiger partial charge in [0.05, 0.1) is 11.3 Å². The zero-order chi connectivity index (χ0) is 15.7. The van der Waals surface area contributed by atoms with E-state index in [1.807, 2.05) is 24.3 Å². The molecule has 2 heterocycles. The molecule has 3 nitrogen and oxygen atoms in total. The SMILES string of the molecule is CCSc1ccccc1-c1nc2c([nH]1)C=C(C(F)(F)F)CN2. The zero-order valence-electron chi connectivity index (χ0n) is 11.8. The van der Waals surface area contributed by atoms with Gasteiger partial charge in [0, 0.05) is 17.0 Å². The fraction of sp³-hybridized carbons (Fsp3) is 0.267. The number of hydrogen-bond donors (Lipinski definition) is 2. The van der Waals surface area contributed by atoms with Crippen LogP contribution in [0, 0.1) is 0 Å². The van der Waals surface area contributed by atoms with Gasteiger partial charge in [0.2, 0.25) is 0 Å². The molecule has 7 heteroatoms. The third kappa shape index (κ3) is 2.85. The van der Waals surface area contributed by atoms with E-state index < -0.39 is 11.7 Å². The number of halogens is 3. The van der Waals surface area contributed by atoms with Gasteiger partial charge >= 0.3 is 6.18 Å². The second-order valence-corrected chi connectivity index (χ2v) is 6.10. The topological polar surface area (TPSA) is 40.7 Å². The quantitative estimate of drug-likeness (QED) is 0.813. The molecule has 0 aliphatic carbocycles. The van der Waals surface area contributed by atoms with Crippen molar-refractivity contribution in [1.29, 1.82) is 0 Å². The number of aromatic nitrogens is 2. The highest BCUT2D eigenvalue weighted by Crippen LogP contribution is 2.35. The molecule has 1 aromatic heterocycles. The second kappa shape index (κ2) is 5.72. The summed E-state index contributed by atoms with van der Waals surface area (Å²) in [4.78, 5) is 8.43. The molecule has 0 radical (unpaired) electrons. The summed E-state index contributed by atoms with van der Waals surface area (Å²) in [5.74, 6) is 1.95. The van der Waals surface area contributed by atoms with Gasteiger partial charge in [-0.15, -0.1) is 11.8 Å². The standard InChI is InChI=1S/C15H14F3N3S/c1-2-22-12-6-4-3-5-10(12)13-20-11-7-9(15(16,17)18)8-19-14(11)21-13/h3-7,19H,2,8H2,1H3,(H,20,21). The lowest BCUT2D eigenvalue weighted by Gasteiger charge is -2.16. The Morgan fingerprint density at radius 2 is 2.05 bits per heavy atom. The molecule has 1 aliphatic rings. The largest absolute Gasteiger partial charge is 0.414 e. The van der Waals surface area contributed by atoms with E-state index in [4.69, 9.17) is 0 Å². The number of thioether (sulfide) groups is 1. The monoisotopic (exact) mass is 325 g/mol. The number of nitrogens with zero attached hydrogens (tertiary/aromatic N) is 1. The molecule has 0 amide bonds. The van der Waals surface area contributed by atoms with E-state index in [0.29, 0.717) is 17.3 Å². The van der Waals surface area contributed by atoms with Crippen molar-refractivity contribution in [3.63, 3.8) is 0 Å². The summed E-state index contributed by atoms with van der Waals surface area (Å²) < 4.78 is 38.4. The Morgan fingerprint density at radius 3 is 2.77 bits per heavy atom. The maximum atomic E-state index is 12.8. The van der Waals surface area contributed by atoms with Crippen LogP contribution in [0.3, 0.4) is 0 Å². The van der Waals surface area contributed by atoms with Crippen LogP contribution < -0.4 is 5.32 Å². The van der Waals surface area contributed by atoms with E-state index in [2.05, 4.69) is 22.2 Å². The summed E-state index contributed by atoms with van der Waals surface area (Å²) in [6.07, 6.45) is -3.20. The first kappa shape index (κ1) is 15.0. The second-order valence-electron chi connectivity index (χ2n) is 4.80. The first-order chi connectivity index (χ1) is 10.5. The van der Waals surface area contributed by atoms with Gasteiger partial charge in [-0.05, 0) is 17.9 Å². The maximum Gasteiger partial charge on any atom is 0.414 e. The van der Waals surface area contributed by atoms with Gasteiger partial charge in [-0.2, -0.15) is 13.2 Å². The molecule has 1 aliphatic heterocycles. The average molecular weight is 325 g/mol. The van der Waals surface area contributed by atoms with Crippen LogP contribution >= 0.6 is 11.8 Å². The van der Waals surface area contributed by atoms with Crippen LogP contribution in [0.2, 0.25) is 0 Å². The number of rotatable bonds is 3. The Balaban J connectivity index is 2.00. The molecule has 0 atom stereocenters. The number of benzene rings is 1. The van der Waals surface area contributed by atoms with Gasteiger partial charge in [-0.1, -0.05) is 25.1 Å². The lowest BCUT2D eigenvalue weighted by Crippen LogP contribution is -2.22. The van der Waals surface area contributed by atoms with Crippen LogP contribution in [0.25, 0.3) is 17.5 Å². The Morgan fingerprint density at radius 1 is 1.27 bits per heavy atom. The van der Waals surface area contributed by atoms with Crippen LogP contribution in [0.15, 0.2) is 34.7 Å². The lowest BCUT2D eigenvalue weighted by atomic mass is 10.1. The predicted octanol–water partition coefficient (Wildman–Crippen LogP) is 4.56. The van der Waals surface area contributed by atoms with E-state index in [-0.39, 0.29) is 6.54 Å². The Hall–Kier alpha value is -1.89.